The minimum atomic E-state index is -0.416. The van der Waals surface area contributed by atoms with Crippen molar-refractivity contribution in [2.45, 2.75) is 27.1 Å². The molecule has 1 aliphatic carbocycles. The van der Waals surface area contributed by atoms with Crippen molar-refractivity contribution in [1.82, 2.24) is 0 Å². The van der Waals surface area contributed by atoms with E-state index in [-0.39, 0.29) is 29.8 Å². The first kappa shape index (κ1) is 18.2. The van der Waals surface area contributed by atoms with Crippen molar-refractivity contribution in [2.24, 2.45) is 17.3 Å². The van der Waals surface area contributed by atoms with Gasteiger partial charge in [0.05, 0.1) is 19.6 Å². The largest absolute Gasteiger partial charge is 0.466 e. The summed E-state index contributed by atoms with van der Waals surface area (Å²) in [5.41, 5.74) is 1.80. The van der Waals surface area contributed by atoms with Crippen LogP contribution in [0.25, 0.3) is 0 Å². The van der Waals surface area contributed by atoms with Gasteiger partial charge in [-0.15, -0.1) is 0 Å². The molecule has 0 heterocycles. The summed E-state index contributed by atoms with van der Waals surface area (Å²) in [6, 6.07) is 7.76. The van der Waals surface area contributed by atoms with E-state index in [4.69, 9.17) is 9.47 Å². The van der Waals surface area contributed by atoms with Gasteiger partial charge in [0, 0.05) is 13.2 Å². The topological polar surface area (TPSA) is 61.8 Å². The third kappa shape index (κ3) is 4.23. The molecule has 1 fully saturated rings. The number of hydrogen-bond acceptors (Lipinski definition) is 5. The fourth-order valence-corrected chi connectivity index (χ4v) is 2.88. The Bertz CT molecular complexity index is 615. The Morgan fingerprint density at radius 1 is 1.08 bits per heavy atom. The molecule has 1 aromatic carbocycles. The molecule has 24 heavy (non-hydrogen) atoms. The van der Waals surface area contributed by atoms with Crippen LogP contribution in [-0.2, 0) is 37.0 Å². The lowest BCUT2D eigenvalue weighted by molar-refractivity contribution is -0.147. The summed E-state index contributed by atoms with van der Waals surface area (Å²) in [4.78, 5) is 23.5. The molecule has 5 heteroatoms. The average molecular weight is 332 g/mol. The van der Waals surface area contributed by atoms with Crippen LogP contribution in [0.4, 0.5) is 0 Å². The average Bonchev–Trinajstić information content (AvgIpc) is 3.12. The van der Waals surface area contributed by atoms with E-state index in [1.165, 1.54) is 13.2 Å². The maximum absolute atomic E-state index is 12.3. The first-order valence-corrected chi connectivity index (χ1v) is 7.89. The van der Waals surface area contributed by atoms with Gasteiger partial charge in [-0.2, -0.15) is 0 Å². The van der Waals surface area contributed by atoms with Crippen molar-refractivity contribution in [3.8, 4) is 0 Å². The Hall–Kier alpha value is -2.14. The van der Waals surface area contributed by atoms with Crippen LogP contribution in [0.1, 0.15) is 25.0 Å². The molecule has 2 rings (SSSR count). The van der Waals surface area contributed by atoms with Crippen LogP contribution in [0.15, 0.2) is 36.4 Å². The zero-order valence-electron chi connectivity index (χ0n) is 14.6. The van der Waals surface area contributed by atoms with E-state index in [0.717, 1.165) is 11.1 Å². The molecule has 0 saturated heterocycles. The number of esters is 2. The fraction of sp³-hybridized carbons (Fsp3) is 0.474. The van der Waals surface area contributed by atoms with Gasteiger partial charge in [0.15, 0.2) is 0 Å². The summed E-state index contributed by atoms with van der Waals surface area (Å²) in [5, 5.41) is 0. The van der Waals surface area contributed by atoms with E-state index < -0.39 is 5.97 Å². The van der Waals surface area contributed by atoms with Gasteiger partial charge in [-0.05, 0) is 22.5 Å². The maximum Gasteiger partial charge on any atom is 0.330 e. The first-order chi connectivity index (χ1) is 11.4. The Kier molecular flexibility index (Phi) is 5.78. The molecule has 1 aromatic rings. The molecule has 1 saturated carbocycles. The number of allylic oxidation sites excluding steroid dienone is 1. The third-order valence-electron chi connectivity index (χ3n) is 4.52. The second-order valence-electron chi connectivity index (χ2n) is 6.56. The van der Waals surface area contributed by atoms with E-state index >= 15 is 0 Å². The van der Waals surface area contributed by atoms with Crippen LogP contribution in [0.5, 0.6) is 0 Å². The first-order valence-electron chi connectivity index (χ1n) is 7.89. The molecule has 0 spiro atoms. The third-order valence-corrected chi connectivity index (χ3v) is 4.52. The number of hydrogen-bond donors (Lipinski definition) is 0. The van der Waals surface area contributed by atoms with Gasteiger partial charge in [-0.3, -0.25) is 4.79 Å². The highest BCUT2D eigenvalue weighted by Crippen LogP contribution is 2.59. The summed E-state index contributed by atoms with van der Waals surface area (Å²) in [5.74, 6) is -0.888. The van der Waals surface area contributed by atoms with Crippen molar-refractivity contribution < 1.29 is 23.8 Å². The predicted octanol–water partition coefficient (Wildman–Crippen LogP) is 2.88. The molecular formula is C19H24O5. The Labute approximate surface area is 142 Å². The van der Waals surface area contributed by atoms with Crippen molar-refractivity contribution in [2.75, 3.05) is 14.2 Å². The molecular weight excluding hydrogens is 308 g/mol. The lowest BCUT2D eigenvalue weighted by atomic mass is 10.1. The predicted molar refractivity (Wildman–Crippen MR) is 88.9 cm³/mol. The van der Waals surface area contributed by atoms with E-state index in [0.29, 0.717) is 6.61 Å². The van der Waals surface area contributed by atoms with Gasteiger partial charge in [-0.1, -0.05) is 44.2 Å². The van der Waals surface area contributed by atoms with Crippen LogP contribution in [-0.4, -0.2) is 26.2 Å². The second-order valence-corrected chi connectivity index (χ2v) is 6.56. The van der Waals surface area contributed by atoms with Gasteiger partial charge in [0.25, 0.3) is 0 Å². The molecule has 0 radical (unpaired) electrons. The second kappa shape index (κ2) is 7.62. The Morgan fingerprint density at radius 2 is 1.67 bits per heavy atom. The molecule has 1 aliphatic rings. The van der Waals surface area contributed by atoms with Crippen LogP contribution >= 0.6 is 0 Å². The van der Waals surface area contributed by atoms with Gasteiger partial charge in [-0.25, -0.2) is 4.79 Å². The SMILES string of the molecule is COCc1ccc(COC(=O)C2C(C=CC(=O)OC)C2(C)C)cc1. The zero-order valence-corrected chi connectivity index (χ0v) is 14.6. The molecule has 2 unspecified atom stereocenters. The van der Waals surface area contributed by atoms with Gasteiger partial charge in [0.2, 0.25) is 0 Å². The van der Waals surface area contributed by atoms with E-state index in [1.54, 1.807) is 13.2 Å². The highest BCUT2D eigenvalue weighted by atomic mass is 16.5. The normalized spacial score (nSPS) is 21.5. The van der Waals surface area contributed by atoms with Crippen molar-refractivity contribution in [3.63, 3.8) is 0 Å². The van der Waals surface area contributed by atoms with Crippen LogP contribution < -0.4 is 0 Å². The maximum atomic E-state index is 12.3. The van der Waals surface area contributed by atoms with Crippen molar-refractivity contribution in [3.05, 3.63) is 47.5 Å². The standard InChI is InChI=1S/C19H24O5/c1-19(2)15(9-10-16(20)23-4)17(19)18(21)24-12-14-7-5-13(6-8-14)11-22-3/h5-10,15,17H,11-12H2,1-4H3. The number of carbonyl (C=O) groups is 2. The fourth-order valence-electron chi connectivity index (χ4n) is 2.88. The van der Waals surface area contributed by atoms with E-state index in [9.17, 15) is 9.59 Å². The smallest absolute Gasteiger partial charge is 0.330 e. The van der Waals surface area contributed by atoms with E-state index in [1.807, 2.05) is 38.1 Å². The van der Waals surface area contributed by atoms with Crippen molar-refractivity contribution in [1.29, 1.82) is 0 Å². The molecule has 0 bridgehead atoms. The Morgan fingerprint density at radius 3 is 2.21 bits per heavy atom. The number of carbonyl (C=O) groups excluding carboxylic acids is 2. The zero-order chi connectivity index (χ0) is 17.7. The highest BCUT2D eigenvalue weighted by molar-refractivity contribution is 5.83. The lowest BCUT2D eigenvalue weighted by Crippen LogP contribution is -2.10. The van der Waals surface area contributed by atoms with Crippen molar-refractivity contribution >= 4 is 11.9 Å². The number of benzene rings is 1. The summed E-state index contributed by atoms with van der Waals surface area (Å²) in [6.07, 6.45) is 3.10. The molecule has 0 N–H and O–H groups in total. The minimum absolute atomic E-state index is 0.00632. The number of ether oxygens (including phenoxy) is 3. The van der Waals surface area contributed by atoms with Crippen LogP contribution in [0.2, 0.25) is 0 Å². The van der Waals surface area contributed by atoms with Crippen LogP contribution in [0, 0.1) is 17.3 Å². The molecule has 5 nitrogen and oxygen atoms in total. The quantitative estimate of drug-likeness (QED) is 0.567. The van der Waals surface area contributed by atoms with Crippen LogP contribution in [0.3, 0.4) is 0 Å². The lowest BCUT2D eigenvalue weighted by Gasteiger charge is -2.07. The molecule has 2 atom stereocenters. The summed E-state index contributed by atoms with van der Waals surface area (Å²) in [6.45, 7) is 4.78. The van der Waals surface area contributed by atoms with Gasteiger partial charge < -0.3 is 14.2 Å². The Balaban J connectivity index is 1.88. The number of rotatable bonds is 7. The molecule has 0 amide bonds. The summed E-state index contributed by atoms with van der Waals surface area (Å²) >= 11 is 0. The molecule has 0 aromatic heterocycles. The minimum Gasteiger partial charge on any atom is -0.466 e. The van der Waals surface area contributed by atoms with Gasteiger partial charge in [0.1, 0.15) is 6.61 Å². The summed E-state index contributed by atoms with van der Waals surface area (Å²) in [7, 11) is 2.98. The number of methoxy groups -OCH3 is 2. The van der Waals surface area contributed by atoms with E-state index in [2.05, 4.69) is 4.74 Å². The van der Waals surface area contributed by atoms with Gasteiger partial charge >= 0.3 is 11.9 Å². The summed E-state index contributed by atoms with van der Waals surface area (Å²) < 4.78 is 15.1. The highest BCUT2D eigenvalue weighted by Gasteiger charge is 2.61. The monoisotopic (exact) mass is 332 g/mol. The molecule has 0 aliphatic heterocycles. The molecule has 130 valence electrons.